The van der Waals surface area contributed by atoms with Crippen LogP contribution in [-0.4, -0.2) is 26.4 Å². The molecule has 1 aliphatic rings. The molecular formula is C23H22N2O5S2. The van der Waals surface area contributed by atoms with Crippen LogP contribution < -0.4 is 19.5 Å². The van der Waals surface area contributed by atoms with Crippen molar-refractivity contribution in [2.24, 2.45) is 0 Å². The number of amides is 1. The van der Waals surface area contributed by atoms with E-state index in [2.05, 4.69) is 10.0 Å². The second kappa shape index (κ2) is 9.13. The SMILES string of the molecule is Cc1ccc(S(=O)(=O)Nc2ccc(SC(C)C(=O)Nc3ccc4c(c3)OCO4)cc2)cc1. The van der Waals surface area contributed by atoms with E-state index >= 15 is 0 Å². The summed E-state index contributed by atoms with van der Waals surface area (Å²) in [6, 6.07) is 18.8. The van der Waals surface area contributed by atoms with Crippen LogP contribution in [0.15, 0.2) is 76.5 Å². The summed E-state index contributed by atoms with van der Waals surface area (Å²) in [6.45, 7) is 3.88. The van der Waals surface area contributed by atoms with Crippen molar-refractivity contribution in [1.82, 2.24) is 0 Å². The van der Waals surface area contributed by atoms with Gasteiger partial charge in [0.25, 0.3) is 10.0 Å². The van der Waals surface area contributed by atoms with Crippen molar-refractivity contribution in [3.63, 3.8) is 0 Å². The van der Waals surface area contributed by atoms with Crippen LogP contribution >= 0.6 is 11.8 Å². The number of fused-ring (bicyclic) bond motifs is 1. The Kier molecular flexibility index (Phi) is 6.29. The summed E-state index contributed by atoms with van der Waals surface area (Å²) in [5.74, 6) is 1.10. The zero-order valence-corrected chi connectivity index (χ0v) is 19.1. The Bertz CT molecular complexity index is 1230. The van der Waals surface area contributed by atoms with Gasteiger partial charge in [-0.3, -0.25) is 9.52 Å². The molecular weight excluding hydrogens is 448 g/mol. The van der Waals surface area contributed by atoms with Gasteiger partial charge in [0.15, 0.2) is 11.5 Å². The molecule has 0 aromatic heterocycles. The third-order valence-electron chi connectivity index (χ3n) is 4.76. The largest absolute Gasteiger partial charge is 0.454 e. The molecule has 32 heavy (non-hydrogen) atoms. The van der Waals surface area contributed by atoms with E-state index in [0.717, 1.165) is 10.5 Å². The van der Waals surface area contributed by atoms with Gasteiger partial charge in [-0.25, -0.2) is 8.42 Å². The van der Waals surface area contributed by atoms with Crippen molar-refractivity contribution < 1.29 is 22.7 Å². The lowest BCUT2D eigenvalue weighted by atomic mass is 10.2. The Morgan fingerprint density at radius 1 is 0.938 bits per heavy atom. The highest BCUT2D eigenvalue weighted by Gasteiger charge is 2.18. The predicted molar refractivity (Wildman–Crippen MR) is 125 cm³/mol. The van der Waals surface area contributed by atoms with E-state index in [0.29, 0.717) is 22.9 Å². The molecule has 3 aromatic rings. The van der Waals surface area contributed by atoms with Crippen molar-refractivity contribution in [2.45, 2.75) is 28.9 Å². The molecule has 1 unspecified atom stereocenters. The topological polar surface area (TPSA) is 93.7 Å². The van der Waals surface area contributed by atoms with Crippen molar-refractivity contribution in [3.05, 3.63) is 72.3 Å². The molecule has 0 bridgehead atoms. The summed E-state index contributed by atoms with van der Waals surface area (Å²) in [5.41, 5.74) is 2.07. The maximum atomic E-state index is 12.6. The molecule has 7 nitrogen and oxygen atoms in total. The number of nitrogens with one attached hydrogen (secondary N) is 2. The summed E-state index contributed by atoms with van der Waals surface area (Å²) >= 11 is 1.38. The molecule has 9 heteroatoms. The molecule has 0 aliphatic carbocycles. The molecule has 1 heterocycles. The average molecular weight is 471 g/mol. The highest BCUT2D eigenvalue weighted by Crippen LogP contribution is 2.34. The Hall–Kier alpha value is -3.17. The number of benzene rings is 3. The number of hydrogen-bond acceptors (Lipinski definition) is 6. The first-order valence-electron chi connectivity index (χ1n) is 9.87. The van der Waals surface area contributed by atoms with Gasteiger partial charge in [-0.1, -0.05) is 17.7 Å². The number of hydrogen-bond donors (Lipinski definition) is 2. The Morgan fingerprint density at radius 2 is 1.59 bits per heavy atom. The van der Waals surface area contributed by atoms with Gasteiger partial charge in [0.05, 0.1) is 10.1 Å². The number of rotatable bonds is 7. The molecule has 0 saturated heterocycles. The molecule has 4 rings (SSSR count). The number of sulfonamides is 1. The number of carbonyl (C=O) groups excluding carboxylic acids is 1. The molecule has 0 radical (unpaired) electrons. The first-order chi connectivity index (χ1) is 15.3. The van der Waals surface area contributed by atoms with Crippen LogP contribution in [0.3, 0.4) is 0 Å². The third kappa shape index (κ3) is 5.17. The monoisotopic (exact) mass is 470 g/mol. The van der Waals surface area contributed by atoms with E-state index in [1.165, 1.54) is 11.8 Å². The van der Waals surface area contributed by atoms with E-state index in [4.69, 9.17) is 9.47 Å². The van der Waals surface area contributed by atoms with Gasteiger partial charge in [0.1, 0.15) is 0 Å². The normalized spacial score (nSPS) is 13.4. The smallest absolute Gasteiger partial charge is 0.261 e. The number of carbonyl (C=O) groups is 1. The summed E-state index contributed by atoms with van der Waals surface area (Å²) in [4.78, 5) is 13.6. The standard InChI is InChI=1S/C23H22N2O5S2/c1-15-3-10-20(11-4-15)32(27,28)25-17-5-8-19(9-6-17)31-16(2)23(26)24-18-7-12-21-22(13-18)30-14-29-21/h3-13,16,25H,14H2,1-2H3,(H,24,26). The van der Waals surface area contributed by atoms with Crippen LogP contribution in [0.25, 0.3) is 0 Å². The number of anilines is 2. The minimum atomic E-state index is -3.66. The zero-order valence-electron chi connectivity index (χ0n) is 17.5. The number of thioether (sulfide) groups is 1. The van der Waals surface area contributed by atoms with E-state index in [1.807, 2.05) is 6.92 Å². The summed E-state index contributed by atoms with van der Waals surface area (Å²) in [5, 5.41) is 2.50. The lowest BCUT2D eigenvalue weighted by molar-refractivity contribution is -0.115. The molecule has 1 atom stereocenters. The predicted octanol–water partition coefficient (Wildman–Crippen LogP) is 4.64. The van der Waals surface area contributed by atoms with Crippen LogP contribution in [-0.2, 0) is 14.8 Å². The van der Waals surface area contributed by atoms with Gasteiger partial charge in [-0.15, -0.1) is 11.8 Å². The molecule has 1 aliphatic heterocycles. The van der Waals surface area contributed by atoms with Crippen molar-refractivity contribution >= 4 is 39.1 Å². The van der Waals surface area contributed by atoms with Crippen LogP contribution in [0.2, 0.25) is 0 Å². The van der Waals surface area contributed by atoms with Crippen LogP contribution in [0.5, 0.6) is 11.5 Å². The van der Waals surface area contributed by atoms with Crippen LogP contribution in [0, 0.1) is 6.92 Å². The fourth-order valence-electron chi connectivity index (χ4n) is 3.01. The van der Waals surface area contributed by atoms with Crippen LogP contribution in [0.1, 0.15) is 12.5 Å². The average Bonchev–Trinajstić information content (AvgIpc) is 3.23. The summed E-state index contributed by atoms with van der Waals surface area (Å²) < 4.78 is 38.2. The quantitative estimate of drug-likeness (QED) is 0.489. The molecule has 166 valence electrons. The molecule has 0 saturated carbocycles. The van der Waals surface area contributed by atoms with Crippen molar-refractivity contribution in [2.75, 3.05) is 16.8 Å². The van der Waals surface area contributed by atoms with E-state index in [9.17, 15) is 13.2 Å². The highest BCUT2D eigenvalue weighted by molar-refractivity contribution is 8.00. The summed E-state index contributed by atoms with van der Waals surface area (Å²) in [7, 11) is -3.66. The van der Waals surface area contributed by atoms with Crippen molar-refractivity contribution in [1.29, 1.82) is 0 Å². The first kappa shape index (κ1) is 22.0. The third-order valence-corrected chi connectivity index (χ3v) is 7.27. The number of ether oxygens (including phenoxy) is 2. The molecule has 2 N–H and O–H groups in total. The van der Waals surface area contributed by atoms with E-state index in [1.54, 1.807) is 73.7 Å². The minimum Gasteiger partial charge on any atom is -0.454 e. The Morgan fingerprint density at radius 3 is 2.31 bits per heavy atom. The van der Waals surface area contributed by atoms with Crippen LogP contribution in [0.4, 0.5) is 11.4 Å². The molecule has 0 fully saturated rings. The lowest BCUT2D eigenvalue weighted by Gasteiger charge is -2.13. The number of aryl methyl sites for hydroxylation is 1. The second-order valence-electron chi connectivity index (χ2n) is 7.26. The van der Waals surface area contributed by atoms with E-state index < -0.39 is 10.0 Å². The first-order valence-corrected chi connectivity index (χ1v) is 12.2. The Balaban J connectivity index is 1.35. The maximum absolute atomic E-state index is 12.6. The van der Waals surface area contributed by atoms with Gasteiger partial charge >= 0.3 is 0 Å². The Labute approximate surface area is 191 Å². The molecule has 1 amide bonds. The van der Waals surface area contributed by atoms with E-state index in [-0.39, 0.29) is 22.8 Å². The highest BCUT2D eigenvalue weighted by atomic mass is 32.2. The van der Waals surface area contributed by atoms with Gasteiger partial charge in [-0.05, 0) is 62.4 Å². The molecule has 0 spiro atoms. The molecule has 3 aromatic carbocycles. The van der Waals surface area contributed by atoms with Gasteiger partial charge in [0, 0.05) is 22.3 Å². The second-order valence-corrected chi connectivity index (χ2v) is 10.4. The van der Waals surface area contributed by atoms with Gasteiger partial charge in [-0.2, -0.15) is 0 Å². The summed E-state index contributed by atoms with van der Waals surface area (Å²) in [6.07, 6.45) is 0. The minimum absolute atomic E-state index is 0.155. The van der Waals surface area contributed by atoms with Gasteiger partial charge < -0.3 is 14.8 Å². The lowest BCUT2D eigenvalue weighted by Crippen LogP contribution is -2.22. The zero-order chi connectivity index (χ0) is 22.7. The maximum Gasteiger partial charge on any atom is 0.261 e. The van der Waals surface area contributed by atoms with Gasteiger partial charge in [0.2, 0.25) is 12.7 Å². The fourth-order valence-corrected chi connectivity index (χ4v) is 4.93. The fraction of sp³-hybridized carbons (Fsp3) is 0.174. The van der Waals surface area contributed by atoms with Crippen molar-refractivity contribution in [3.8, 4) is 11.5 Å².